The molecule has 4 nitrogen and oxygen atoms in total. The van der Waals surface area contributed by atoms with Gasteiger partial charge in [-0.1, -0.05) is 12.1 Å². The van der Waals surface area contributed by atoms with E-state index in [1.54, 1.807) is 30.6 Å². The largest absolute Gasteiger partial charge is 0.488 e. The summed E-state index contributed by atoms with van der Waals surface area (Å²) in [4.78, 5) is 15.0. The molecule has 0 radical (unpaired) electrons. The van der Waals surface area contributed by atoms with Gasteiger partial charge in [-0.3, -0.25) is 4.98 Å². The van der Waals surface area contributed by atoms with Gasteiger partial charge in [0.25, 0.3) is 0 Å². The molecule has 0 aliphatic rings. The molecule has 4 heteroatoms. The van der Waals surface area contributed by atoms with Crippen LogP contribution in [0.3, 0.4) is 0 Å². The van der Waals surface area contributed by atoms with E-state index in [-0.39, 0.29) is 5.56 Å². The third-order valence-electron chi connectivity index (χ3n) is 2.48. The Bertz CT molecular complexity index is 552. The van der Waals surface area contributed by atoms with E-state index in [0.29, 0.717) is 12.4 Å². The molecular formula is C14H13NO3. The lowest BCUT2D eigenvalue weighted by Gasteiger charge is -2.09. The van der Waals surface area contributed by atoms with Crippen LogP contribution in [0.15, 0.2) is 42.7 Å². The van der Waals surface area contributed by atoms with Crippen LogP contribution in [0, 0.1) is 6.92 Å². The highest BCUT2D eigenvalue weighted by Crippen LogP contribution is 2.21. The minimum atomic E-state index is -0.990. The van der Waals surface area contributed by atoms with Crippen LogP contribution in [-0.2, 0) is 6.61 Å². The van der Waals surface area contributed by atoms with E-state index in [9.17, 15) is 4.79 Å². The molecule has 0 aliphatic carbocycles. The van der Waals surface area contributed by atoms with Crippen LogP contribution in [0.1, 0.15) is 21.5 Å². The Morgan fingerprint density at radius 2 is 2.22 bits per heavy atom. The van der Waals surface area contributed by atoms with Gasteiger partial charge in [-0.15, -0.1) is 0 Å². The van der Waals surface area contributed by atoms with Gasteiger partial charge in [0, 0.05) is 18.0 Å². The van der Waals surface area contributed by atoms with Crippen molar-refractivity contribution in [1.82, 2.24) is 4.98 Å². The average Bonchev–Trinajstić information content (AvgIpc) is 2.37. The number of aromatic nitrogens is 1. The molecule has 2 aromatic rings. The van der Waals surface area contributed by atoms with Crippen LogP contribution in [0.25, 0.3) is 0 Å². The lowest BCUT2D eigenvalue weighted by atomic mass is 10.1. The summed E-state index contributed by atoms with van der Waals surface area (Å²) in [5, 5.41) is 9.06. The molecule has 92 valence electrons. The van der Waals surface area contributed by atoms with E-state index < -0.39 is 5.97 Å². The maximum atomic E-state index is 11.1. The third-order valence-corrected chi connectivity index (χ3v) is 2.48. The standard InChI is InChI=1S/C14H13NO3/c1-10-4-5-12(14(16)17)13(7-10)18-9-11-3-2-6-15-8-11/h2-8H,9H2,1H3,(H,16,17). The molecule has 0 saturated carbocycles. The first kappa shape index (κ1) is 12.1. The highest BCUT2D eigenvalue weighted by atomic mass is 16.5. The van der Waals surface area contributed by atoms with Crippen molar-refractivity contribution < 1.29 is 14.6 Å². The summed E-state index contributed by atoms with van der Waals surface area (Å²) in [5.74, 6) is -0.609. The predicted octanol–water partition coefficient (Wildman–Crippen LogP) is 2.67. The van der Waals surface area contributed by atoms with Crippen molar-refractivity contribution in [2.45, 2.75) is 13.5 Å². The Hall–Kier alpha value is -2.36. The molecule has 18 heavy (non-hydrogen) atoms. The topological polar surface area (TPSA) is 59.4 Å². The molecule has 1 heterocycles. The van der Waals surface area contributed by atoms with Crippen molar-refractivity contribution in [1.29, 1.82) is 0 Å². The number of aromatic carboxylic acids is 1. The van der Waals surface area contributed by atoms with Crippen molar-refractivity contribution in [3.63, 3.8) is 0 Å². The number of hydrogen-bond donors (Lipinski definition) is 1. The third kappa shape index (κ3) is 2.85. The highest BCUT2D eigenvalue weighted by molar-refractivity contribution is 5.90. The van der Waals surface area contributed by atoms with Crippen molar-refractivity contribution in [3.8, 4) is 5.75 Å². The first-order valence-electron chi connectivity index (χ1n) is 5.52. The van der Waals surface area contributed by atoms with Gasteiger partial charge in [0.1, 0.15) is 17.9 Å². The van der Waals surface area contributed by atoms with E-state index in [0.717, 1.165) is 11.1 Å². The SMILES string of the molecule is Cc1ccc(C(=O)O)c(OCc2cccnc2)c1. The van der Waals surface area contributed by atoms with Crippen LogP contribution >= 0.6 is 0 Å². The molecule has 1 aromatic carbocycles. The van der Waals surface area contributed by atoms with Gasteiger partial charge in [0.2, 0.25) is 0 Å². The Kier molecular flexibility index (Phi) is 3.57. The van der Waals surface area contributed by atoms with Gasteiger partial charge < -0.3 is 9.84 Å². The number of ether oxygens (including phenoxy) is 1. The molecule has 0 saturated heterocycles. The molecule has 1 aromatic heterocycles. The normalized spacial score (nSPS) is 10.1. The predicted molar refractivity (Wildman–Crippen MR) is 66.7 cm³/mol. The van der Waals surface area contributed by atoms with Crippen molar-refractivity contribution in [2.75, 3.05) is 0 Å². The molecule has 0 atom stereocenters. The number of nitrogens with zero attached hydrogens (tertiary/aromatic N) is 1. The fourth-order valence-electron chi connectivity index (χ4n) is 1.57. The summed E-state index contributed by atoms with van der Waals surface area (Å²) in [5.41, 5.74) is 2.03. The van der Waals surface area contributed by atoms with E-state index in [1.807, 2.05) is 19.1 Å². The van der Waals surface area contributed by atoms with Crippen molar-refractivity contribution >= 4 is 5.97 Å². The van der Waals surface area contributed by atoms with Gasteiger partial charge in [-0.25, -0.2) is 4.79 Å². The van der Waals surface area contributed by atoms with Crippen LogP contribution in [0.5, 0.6) is 5.75 Å². The maximum absolute atomic E-state index is 11.1. The molecule has 1 N–H and O–H groups in total. The number of benzene rings is 1. The minimum Gasteiger partial charge on any atom is -0.488 e. The van der Waals surface area contributed by atoms with Crippen LogP contribution in [-0.4, -0.2) is 16.1 Å². The molecule has 2 rings (SSSR count). The maximum Gasteiger partial charge on any atom is 0.339 e. The quantitative estimate of drug-likeness (QED) is 0.896. The van der Waals surface area contributed by atoms with Crippen LogP contribution in [0.4, 0.5) is 0 Å². The first-order valence-corrected chi connectivity index (χ1v) is 5.52. The summed E-state index contributed by atoms with van der Waals surface area (Å²) in [7, 11) is 0. The molecule has 0 bridgehead atoms. The second-order valence-corrected chi connectivity index (χ2v) is 3.95. The summed E-state index contributed by atoms with van der Waals surface area (Å²) < 4.78 is 5.54. The Balaban J connectivity index is 2.18. The number of pyridine rings is 1. The second kappa shape index (κ2) is 5.31. The minimum absolute atomic E-state index is 0.171. The molecule has 0 spiro atoms. The summed E-state index contributed by atoms with van der Waals surface area (Å²) >= 11 is 0. The summed E-state index contributed by atoms with van der Waals surface area (Å²) in [6.07, 6.45) is 3.37. The van der Waals surface area contributed by atoms with Gasteiger partial charge in [-0.05, 0) is 30.7 Å². The Morgan fingerprint density at radius 1 is 1.39 bits per heavy atom. The number of aryl methyl sites for hydroxylation is 1. The van der Waals surface area contributed by atoms with E-state index in [1.165, 1.54) is 0 Å². The number of rotatable bonds is 4. The monoisotopic (exact) mass is 243 g/mol. The summed E-state index contributed by atoms with van der Waals surface area (Å²) in [6.45, 7) is 2.19. The fourth-order valence-corrected chi connectivity index (χ4v) is 1.57. The van der Waals surface area contributed by atoms with Crippen molar-refractivity contribution in [3.05, 3.63) is 59.4 Å². The smallest absolute Gasteiger partial charge is 0.339 e. The molecule has 0 aliphatic heterocycles. The van der Waals surface area contributed by atoms with E-state index >= 15 is 0 Å². The second-order valence-electron chi connectivity index (χ2n) is 3.95. The van der Waals surface area contributed by atoms with Crippen LogP contribution < -0.4 is 4.74 Å². The number of carboxylic acids is 1. The van der Waals surface area contributed by atoms with Gasteiger partial charge in [0.15, 0.2) is 0 Å². The molecule has 0 amide bonds. The molecule has 0 unspecified atom stereocenters. The number of carboxylic acid groups (broad SMARTS) is 1. The van der Waals surface area contributed by atoms with E-state index in [4.69, 9.17) is 9.84 Å². The lowest BCUT2D eigenvalue weighted by molar-refractivity contribution is 0.0692. The highest BCUT2D eigenvalue weighted by Gasteiger charge is 2.11. The van der Waals surface area contributed by atoms with Gasteiger partial charge in [0.05, 0.1) is 0 Å². The lowest BCUT2D eigenvalue weighted by Crippen LogP contribution is -2.03. The van der Waals surface area contributed by atoms with Gasteiger partial charge in [-0.2, -0.15) is 0 Å². The zero-order valence-corrected chi connectivity index (χ0v) is 9.96. The zero-order valence-electron chi connectivity index (χ0n) is 9.96. The average molecular weight is 243 g/mol. The fraction of sp³-hybridized carbons (Fsp3) is 0.143. The van der Waals surface area contributed by atoms with Crippen molar-refractivity contribution in [2.24, 2.45) is 0 Å². The van der Waals surface area contributed by atoms with E-state index in [2.05, 4.69) is 4.98 Å². The molecular weight excluding hydrogens is 230 g/mol. The number of hydrogen-bond acceptors (Lipinski definition) is 3. The Morgan fingerprint density at radius 3 is 2.89 bits per heavy atom. The van der Waals surface area contributed by atoms with Crippen LogP contribution in [0.2, 0.25) is 0 Å². The summed E-state index contributed by atoms with van der Waals surface area (Å²) in [6, 6.07) is 8.72. The molecule has 0 fully saturated rings. The Labute approximate surface area is 105 Å². The van der Waals surface area contributed by atoms with Gasteiger partial charge >= 0.3 is 5.97 Å². The first-order chi connectivity index (χ1) is 8.66. The zero-order chi connectivity index (χ0) is 13.0. The number of carbonyl (C=O) groups is 1.